The minimum atomic E-state index is -0.310. The number of ether oxygens (including phenoxy) is 1. The standard InChI is InChI=1S/C18H23N3O4/c1-11(2)9-21-10-12(6-17(21)22)18(23)19-8-16-20-14-7-13(24-3)4-5-15(14)25-16/h4-5,7,11-12H,6,8-10H2,1-3H3,(H,19,23)/t12-/m1/s1. The van der Waals surface area contributed by atoms with Gasteiger partial charge in [0, 0.05) is 25.6 Å². The van der Waals surface area contributed by atoms with E-state index in [2.05, 4.69) is 24.1 Å². The van der Waals surface area contributed by atoms with Crippen molar-refractivity contribution in [1.82, 2.24) is 15.2 Å². The summed E-state index contributed by atoms with van der Waals surface area (Å²) in [6.07, 6.45) is 0.267. The maximum atomic E-state index is 12.3. The zero-order valence-electron chi connectivity index (χ0n) is 14.7. The van der Waals surface area contributed by atoms with Gasteiger partial charge in [-0.25, -0.2) is 4.98 Å². The molecule has 0 spiro atoms. The summed E-state index contributed by atoms with van der Waals surface area (Å²) in [5.41, 5.74) is 1.33. The molecule has 2 aromatic rings. The molecule has 1 aromatic carbocycles. The predicted molar refractivity (Wildman–Crippen MR) is 91.9 cm³/mol. The van der Waals surface area contributed by atoms with Crippen LogP contribution >= 0.6 is 0 Å². The molecule has 1 N–H and O–H groups in total. The van der Waals surface area contributed by atoms with Gasteiger partial charge in [0.25, 0.3) is 0 Å². The van der Waals surface area contributed by atoms with E-state index in [1.165, 1.54) is 0 Å². The van der Waals surface area contributed by atoms with E-state index in [9.17, 15) is 9.59 Å². The van der Waals surface area contributed by atoms with Crippen molar-refractivity contribution in [3.8, 4) is 5.75 Å². The molecular weight excluding hydrogens is 322 g/mol. The van der Waals surface area contributed by atoms with E-state index < -0.39 is 0 Å². The third-order valence-electron chi connectivity index (χ3n) is 4.22. The number of nitrogens with zero attached hydrogens (tertiary/aromatic N) is 2. The SMILES string of the molecule is COc1ccc2oc(CNC(=O)[C@@H]3CC(=O)N(CC(C)C)C3)nc2c1. The van der Waals surface area contributed by atoms with Crippen molar-refractivity contribution < 1.29 is 18.7 Å². The lowest BCUT2D eigenvalue weighted by Crippen LogP contribution is -2.33. The molecule has 1 aliphatic heterocycles. The Hall–Kier alpha value is -2.57. The van der Waals surface area contributed by atoms with Gasteiger partial charge in [-0.3, -0.25) is 9.59 Å². The molecule has 3 rings (SSSR count). The Morgan fingerprint density at radius 3 is 3.00 bits per heavy atom. The second-order valence-corrected chi connectivity index (χ2v) is 6.75. The number of amides is 2. The van der Waals surface area contributed by atoms with Crippen molar-refractivity contribution in [1.29, 1.82) is 0 Å². The van der Waals surface area contributed by atoms with Crippen LogP contribution in [0.15, 0.2) is 22.6 Å². The van der Waals surface area contributed by atoms with Crippen molar-refractivity contribution in [2.45, 2.75) is 26.8 Å². The number of fused-ring (bicyclic) bond motifs is 1. The normalized spacial score (nSPS) is 17.5. The number of methoxy groups -OCH3 is 1. The van der Waals surface area contributed by atoms with E-state index in [0.29, 0.717) is 41.7 Å². The molecular formula is C18H23N3O4. The summed E-state index contributed by atoms with van der Waals surface area (Å²) in [7, 11) is 1.59. The third kappa shape index (κ3) is 3.92. The number of likely N-dealkylation sites (tertiary alicyclic amines) is 1. The van der Waals surface area contributed by atoms with Crippen molar-refractivity contribution in [2.75, 3.05) is 20.2 Å². The van der Waals surface area contributed by atoms with Gasteiger partial charge < -0.3 is 19.4 Å². The van der Waals surface area contributed by atoms with Crippen LogP contribution in [0.1, 0.15) is 26.2 Å². The number of aromatic nitrogens is 1. The van der Waals surface area contributed by atoms with Crippen LogP contribution in [-0.2, 0) is 16.1 Å². The maximum Gasteiger partial charge on any atom is 0.225 e. The summed E-state index contributed by atoms with van der Waals surface area (Å²) in [6, 6.07) is 5.36. The van der Waals surface area contributed by atoms with Crippen LogP contribution in [0.3, 0.4) is 0 Å². The summed E-state index contributed by atoms with van der Waals surface area (Å²) in [4.78, 5) is 30.4. The largest absolute Gasteiger partial charge is 0.497 e. The Labute approximate surface area is 146 Å². The second kappa shape index (κ2) is 7.13. The highest BCUT2D eigenvalue weighted by molar-refractivity contribution is 5.89. The van der Waals surface area contributed by atoms with Gasteiger partial charge in [-0.1, -0.05) is 13.8 Å². The quantitative estimate of drug-likeness (QED) is 0.865. The Morgan fingerprint density at radius 1 is 1.48 bits per heavy atom. The molecule has 25 heavy (non-hydrogen) atoms. The summed E-state index contributed by atoms with van der Waals surface area (Å²) >= 11 is 0. The zero-order valence-corrected chi connectivity index (χ0v) is 14.7. The topological polar surface area (TPSA) is 84.7 Å². The van der Waals surface area contributed by atoms with Crippen LogP contribution in [-0.4, -0.2) is 41.9 Å². The maximum absolute atomic E-state index is 12.3. The molecule has 1 atom stereocenters. The monoisotopic (exact) mass is 345 g/mol. The minimum Gasteiger partial charge on any atom is -0.497 e. The van der Waals surface area contributed by atoms with Gasteiger partial charge in [-0.05, 0) is 18.1 Å². The van der Waals surface area contributed by atoms with E-state index in [0.717, 1.165) is 0 Å². The summed E-state index contributed by atoms with van der Waals surface area (Å²) in [5, 5.41) is 2.82. The minimum absolute atomic E-state index is 0.0443. The molecule has 2 heterocycles. The lowest BCUT2D eigenvalue weighted by atomic mass is 10.1. The molecule has 1 fully saturated rings. The van der Waals surface area contributed by atoms with Crippen LogP contribution < -0.4 is 10.1 Å². The molecule has 1 aromatic heterocycles. The fourth-order valence-electron chi connectivity index (χ4n) is 3.03. The number of carbonyl (C=O) groups is 2. The molecule has 0 saturated carbocycles. The number of oxazole rings is 1. The first-order valence-corrected chi connectivity index (χ1v) is 8.45. The highest BCUT2D eigenvalue weighted by Gasteiger charge is 2.34. The first-order valence-electron chi connectivity index (χ1n) is 8.45. The molecule has 0 radical (unpaired) electrons. The van der Waals surface area contributed by atoms with Crippen LogP contribution in [0.2, 0.25) is 0 Å². The summed E-state index contributed by atoms with van der Waals surface area (Å²) < 4.78 is 10.8. The molecule has 7 nitrogen and oxygen atoms in total. The number of hydrogen-bond donors (Lipinski definition) is 1. The molecule has 7 heteroatoms. The Morgan fingerprint density at radius 2 is 2.28 bits per heavy atom. The number of hydrogen-bond acceptors (Lipinski definition) is 5. The van der Waals surface area contributed by atoms with Crippen molar-refractivity contribution in [3.63, 3.8) is 0 Å². The molecule has 2 amide bonds. The average molecular weight is 345 g/mol. The second-order valence-electron chi connectivity index (χ2n) is 6.75. The Balaban J connectivity index is 1.58. The average Bonchev–Trinajstić information content (AvgIpc) is 3.14. The van der Waals surface area contributed by atoms with Crippen LogP contribution in [0, 0.1) is 11.8 Å². The van der Waals surface area contributed by atoms with Crippen molar-refractivity contribution in [3.05, 3.63) is 24.1 Å². The van der Waals surface area contributed by atoms with Crippen LogP contribution in [0.4, 0.5) is 0 Å². The lowest BCUT2D eigenvalue weighted by molar-refractivity contribution is -0.129. The van der Waals surface area contributed by atoms with E-state index in [1.54, 1.807) is 30.2 Å². The van der Waals surface area contributed by atoms with E-state index >= 15 is 0 Å². The first kappa shape index (κ1) is 17.3. The molecule has 134 valence electrons. The van der Waals surface area contributed by atoms with Crippen molar-refractivity contribution >= 4 is 22.9 Å². The van der Waals surface area contributed by atoms with Gasteiger partial charge in [-0.2, -0.15) is 0 Å². The van der Waals surface area contributed by atoms with Gasteiger partial charge in [0.15, 0.2) is 5.58 Å². The summed E-state index contributed by atoms with van der Waals surface area (Å²) in [5.74, 6) is 1.12. The predicted octanol–water partition coefficient (Wildman–Crippen LogP) is 1.96. The lowest BCUT2D eigenvalue weighted by Gasteiger charge is -2.18. The van der Waals surface area contributed by atoms with Gasteiger partial charge in [0.1, 0.15) is 11.3 Å². The van der Waals surface area contributed by atoms with Gasteiger partial charge >= 0.3 is 0 Å². The fraction of sp³-hybridized carbons (Fsp3) is 0.500. The van der Waals surface area contributed by atoms with Crippen molar-refractivity contribution in [2.24, 2.45) is 11.8 Å². The molecule has 1 aliphatic rings. The molecule has 1 saturated heterocycles. The molecule has 0 aliphatic carbocycles. The number of carbonyl (C=O) groups excluding carboxylic acids is 2. The van der Waals surface area contributed by atoms with Gasteiger partial charge in [-0.15, -0.1) is 0 Å². The fourth-order valence-corrected chi connectivity index (χ4v) is 3.03. The Kier molecular flexibility index (Phi) is 4.92. The van der Waals surface area contributed by atoms with E-state index in [1.807, 2.05) is 0 Å². The van der Waals surface area contributed by atoms with E-state index in [-0.39, 0.29) is 30.7 Å². The molecule has 0 bridgehead atoms. The zero-order chi connectivity index (χ0) is 18.0. The van der Waals surface area contributed by atoms with E-state index in [4.69, 9.17) is 9.15 Å². The van der Waals surface area contributed by atoms with Gasteiger partial charge in [0.2, 0.25) is 17.7 Å². The first-order chi connectivity index (χ1) is 12.0. The highest BCUT2D eigenvalue weighted by atomic mass is 16.5. The number of rotatable bonds is 6. The van der Waals surface area contributed by atoms with Gasteiger partial charge in [0.05, 0.1) is 19.6 Å². The third-order valence-corrected chi connectivity index (χ3v) is 4.22. The number of nitrogens with one attached hydrogen (secondary N) is 1. The highest BCUT2D eigenvalue weighted by Crippen LogP contribution is 2.22. The molecule has 0 unspecified atom stereocenters. The van der Waals surface area contributed by atoms with Crippen LogP contribution in [0.5, 0.6) is 5.75 Å². The Bertz CT molecular complexity index is 784. The smallest absolute Gasteiger partial charge is 0.225 e. The summed E-state index contributed by atoms with van der Waals surface area (Å²) in [6.45, 7) is 5.49. The number of benzene rings is 1. The van der Waals surface area contributed by atoms with Crippen LogP contribution in [0.25, 0.3) is 11.1 Å².